The number of nitrogens with one attached hydrogen (secondary N) is 1. The Morgan fingerprint density at radius 3 is 2.53 bits per heavy atom. The molecule has 4 nitrogen and oxygen atoms in total. The fourth-order valence-electron chi connectivity index (χ4n) is 1.67. The van der Waals surface area contributed by atoms with Gasteiger partial charge in [-0.3, -0.25) is 0 Å². The molecule has 1 saturated heterocycles. The quantitative estimate of drug-likeness (QED) is 0.556. The summed E-state index contributed by atoms with van der Waals surface area (Å²) in [6.07, 6.45) is 2.22. The van der Waals surface area contributed by atoms with Gasteiger partial charge >= 0.3 is 8.80 Å². The van der Waals surface area contributed by atoms with Crippen LogP contribution in [0.1, 0.15) is 26.7 Å². The maximum absolute atomic E-state index is 5.89. The van der Waals surface area contributed by atoms with Gasteiger partial charge < -0.3 is 18.6 Å². The monoisotopic (exact) mass is 233 g/mol. The normalized spacial score (nSPS) is 20.8. The van der Waals surface area contributed by atoms with Crippen molar-refractivity contribution < 1.29 is 13.3 Å². The lowest BCUT2D eigenvalue weighted by atomic mass is 10.5. The lowest BCUT2D eigenvalue weighted by Gasteiger charge is -2.34. The predicted octanol–water partition coefficient (Wildman–Crippen LogP) is 1.40. The zero-order valence-corrected chi connectivity index (χ0v) is 11.0. The van der Waals surface area contributed by atoms with E-state index in [-0.39, 0.29) is 6.10 Å². The summed E-state index contributed by atoms with van der Waals surface area (Å²) in [5, 5.41) is 3.13. The Balaban J connectivity index is 2.42. The number of rotatable bonds is 6. The van der Waals surface area contributed by atoms with Gasteiger partial charge in [-0.2, -0.15) is 0 Å². The Bertz CT molecular complexity index is 172. The minimum atomic E-state index is -2.32. The smallest absolute Gasteiger partial charge is 0.373 e. The lowest BCUT2D eigenvalue weighted by molar-refractivity contribution is 0.00517. The largest absolute Gasteiger partial charge is 0.501 e. The van der Waals surface area contributed by atoms with Crippen LogP contribution in [0.25, 0.3) is 0 Å². The van der Waals surface area contributed by atoms with Gasteiger partial charge in [-0.15, -0.1) is 0 Å². The molecule has 1 heterocycles. The molecule has 0 atom stereocenters. The lowest BCUT2D eigenvalue weighted by Crippen LogP contribution is -2.50. The third kappa shape index (κ3) is 4.61. The first-order valence-electron chi connectivity index (χ1n) is 5.79. The van der Waals surface area contributed by atoms with Crippen molar-refractivity contribution in [1.29, 1.82) is 0 Å². The van der Waals surface area contributed by atoms with E-state index in [4.69, 9.17) is 13.3 Å². The van der Waals surface area contributed by atoms with Gasteiger partial charge in [0.1, 0.15) is 0 Å². The predicted molar refractivity (Wildman–Crippen MR) is 61.8 cm³/mol. The Morgan fingerprint density at radius 2 is 2.00 bits per heavy atom. The van der Waals surface area contributed by atoms with Crippen molar-refractivity contribution in [1.82, 2.24) is 5.32 Å². The molecule has 90 valence electrons. The third-order valence-electron chi connectivity index (χ3n) is 2.26. The molecule has 15 heavy (non-hydrogen) atoms. The van der Waals surface area contributed by atoms with Crippen LogP contribution >= 0.6 is 0 Å². The molecule has 0 aromatic rings. The van der Waals surface area contributed by atoms with Crippen molar-refractivity contribution >= 4 is 8.80 Å². The first-order chi connectivity index (χ1) is 7.18. The zero-order chi connectivity index (χ0) is 11.1. The van der Waals surface area contributed by atoms with Crippen molar-refractivity contribution in [3.8, 4) is 0 Å². The molecule has 1 rings (SSSR count). The van der Waals surface area contributed by atoms with Gasteiger partial charge in [0.2, 0.25) is 0 Å². The van der Waals surface area contributed by atoms with E-state index in [1.807, 2.05) is 20.9 Å². The topological polar surface area (TPSA) is 39.7 Å². The SMILES string of the molecule is CNCCC[Si]1(OC(C)C)OCCCO1. The van der Waals surface area contributed by atoms with Crippen LogP contribution in [0, 0.1) is 0 Å². The first-order valence-corrected chi connectivity index (χ1v) is 7.72. The summed E-state index contributed by atoms with van der Waals surface area (Å²) < 4.78 is 17.5. The van der Waals surface area contributed by atoms with Gasteiger partial charge in [0.25, 0.3) is 0 Å². The molecular formula is C10H23NO3Si. The Kier molecular flexibility index (Phi) is 5.77. The Labute approximate surface area is 93.7 Å². The van der Waals surface area contributed by atoms with Crippen molar-refractivity contribution in [3.63, 3.8) is 0 Å². The average molecular weight is 233 g/mol. The summed E-state index contributed by atoms with van der Waals surface area (Å²) in [6, 6.07) is 0.923. The fraction of sp³-hybridized carbons (Fsp3) is 1.00. The van der Waals surface area contributed by atoms with Crippen LogP contribution in [0.2, 0.25) is 6.04 Å². The van der Waals surface area contributed by atoms with Crippen molar-refractivity contribution in [2.75, 3.05) is 26.8 Å². The van der Waals surface area contributed by atoms with Crippen LogP contribution in [0.3, 0.4) is 0 Å². The van der Waals surface area contributed by atoms with Crippen LogP contribution in [0.4, 0.5) is 0 Å². The summed E-state index contributed by atoms with van der Waals surface area (Å²) in [5.74, 6) is 0. The van der Waals surface area contributed by atoms with Gasteiger partial charge in [0, 0.05) is 25.4 Å². The van der Waals surface area contributed by atoms with Crippen molar-refractivity contribution in [3.05, 3.63) is 0 Å². The van der Waals surface area contributed by atoms with Crippen molar-refractivity contribution in [2.24, 2.45) is 0 Å². The van der Waals surface area contributed by atoms with Crippen molar-refractivity contribution in [2.45, 2.75) is 38.8 Å². The minimum absolute atomic E-state index is 0.185. The van der Waals surface area contributed by atoms with Crippen LogP contribution in [0.15, 0.2) is 0 Å². The fourth-order valence-corrected chi connectivity index (χ4v) is 4.53. The van der Waals surface area contributed by atoms with Gasteiger partial charge in [0.15, 0.2) is 0 Å². The molecule has 0 aliphatic carbocycles. The molecule has 1 aliphatic heterocycles. The van der Waals surface area contributed by atoms with Gasteiger partial charge in [-0.1, -0.05) is 0 Å². The van der Waals surface area contributed by atoms with Crippen LogP contribution in [-0.4, -0.2) is 41.7 Å². The molecule has 1 N–H and O–H groups in total. The van der Waals surface area contributed by atoms with E-state index in [2.05, 4.69) is 5.32 Å². The molecule has 1 fully saturated rings. The van der Waals surface area contributed by atoms with Crippen LogP contribution < -0.4 is 5.32 Å². The molecule has 0 amide bonds. The number of hydrogen-bond donors (Lipinski definition) is 1. The highest BCUT2D eigenvalue weighted by Crippen LogP contribution is 2.23. The van der Waals surface area contributed by atoms with E-state index in [1.54, 1.807) is 0 Å². The molecule has 0 radical (unpaired) electrons. The highest BCUT2D eigenvalue weighted by molar-refractivity contribution is 6.60. The van der Waals surface area contributed by atoms with E-state index in [9.17, 15) is 0 Å². The zero-order valence-electron chi connectivity index (χ0n) is 10.0. The van der Waals surface area contributed by atoms with E-state index in [1.165, 1.54) is 0 Å². The molecule has 0 spiro atoms. The maximum Gasteiger partial charge on any atom is 0.501 e. The molecule has 5 heteroatoms. The van der Waals surface area contributed by atoms with Gasteiger partial charge in [0.05, 0.1) is 0 Å². The minimum Gasteiger partial charge on any atom is -0.373 e. The highest BCUT2D eigenvalue weighted by atomic mass is 28.4. The summed E-state index contributed by atoms with van der Waals surface area (Å²) in [7, 11) is -0.365. The molecule has 0 aromatic heterocycles. The highest BCUT2D eigenvalue weighted by Gasteiger charge is 2.43. The molecule has 0 saturated carbocycles. The molecule has 0 bridgehead atoms. The molecular weight excluding hydrogens is 210 g/mol. The Hall–Kier alpha value is 0.0569. The van der Waals surface area contributed by atoms with E-state index >= 15 is 0 Å². The molecule has 0 unspecified atom stereocenters. The van der Waals surface area contributed by atoms with Crippen LogP contribution in [-0.2, 0) is 13.3 Å². The van der Waals surface area contributed by atoms with Crippen LogP contribution in [0.5, 0.6) is 0 Å². The first kappa shape index (κ1) is 13.1. The number of hydrogen-bond acceptors (Lipinski definition) is 4. The van der Waals surface area contributed by atoms with E-state index < -0.39 is 8.80 Å². The summed E-state index contributed by atoms with van der Waals surface area (Å²) in [5.41, 5.74) is 0. The van der Waals surface area contributed by atoms with E-state index in [0.717, 1.165) is 38.6 Å². The standard InChI is InChI=1S/C10H23NO3Si/c1-10(2)14-15(9-4-6-11-3)12-7-5-8-13-15/h10-11H,4-9H2,1-3H3. The second-order valence-corrected chi connectivity index (χ2v) is 6.79. The second kappa shape index (κ2) is 6.60. The van der Waals surface area contributed by atoms with Gasteiger partial charge in [-0.05, 0) is 40.3 Å². The average Bonchev–Trinajstić information content (AvgIpc) is 2.18. The third-order valence-corrected chi connectivity index (χ3v) is 5.34. The van der Waals surface area contributed by atoms with E-state index in [0.29, 0.717) is 0 Å². The maximum atomic E-state index is 5.89. The molecule has 0 aromatic carbocycles. The second-order valence-electron chi connectivity index (χ2n) is 4.11. The summed E-state index contributed by atoms with van der Waals surface area (Å²) in [4.78, 5) is 0. The van der Waals surface area contributed by atoms with Gasteiger partial charge in [-0.25, -0.2) is 0 Å². The molecule has 1 aliphatic rings. The summed E-state index contributed by atoms with van der Waals surface area (Å²) in [6.45, 7) is 6.64. The summed E-state index contributed by atoms with van der Waals surface area (Å²) >= 11 is 0. The Morgan fingerprint density at radius 1 is 1.33 bits per heavy atom.